The van der Waals surface area contributed by atoms with Crippen LogP contribution in [0.1, 0.15) is 39.0 Å². The van der Waals surface area contributed by atoms with Gasteiger partial charge in [0.1, 0.15) is 11.5 Å². The summed E-state index contributed by atoms with van der Waals surface area (Å²) in [5.41, 5.74) is 2.66. The normalized spacial score (nSPS) is 11.6. The minimum Gasteiger partial charge on any atom is -0.497 e. The van der Waals surface area contributed by atoms with E-state index in [0.29, 0.717) is 39.7 Å². The number of anilines is 1. The number of ether oxygens (including phenoxy) is 3. The fourth-order valence-corrected chi connectivity index (χ4v) is 2.83. The number of ketones is 1. The maximum Gasteiger partial charge on any atom is 0.339 e. The Labute approximate surface area is 152 Å². The van der Waals surface area contributed by atoms with Crippen LogP contribution in [-0.4, -0.2) is 44.1 Å². The fourth-order valence-electron chi connectivity index (χ4n) is 2.83. The van der Waals surface area contributed by atoms with E-state index in [2.05, 4.69) is 10.3 Å². The van der Waals surface area contributed by atoms with Crippen LogP contribution in [0.3, 0.4) is 0 Å². The highest BCUT2D eigenvalue weighted by molar-refractivity contribution is 6.04. The molecule has 2 rings (SSSR count). The topological polar surface area (TPSA) is 89.7 Å². The number of methoxy groups -OCH3 is 3. The van der Waals surface area contributed by atoms with Gasteiger partial charge in [0.15, 0.2) is 0 Å². The summed E-state index contributed by atoms with van der Waals surface area (Å²) in [5, 5.41) is 3.14. The van der Waals surface area contributed by atoms with Crippen molar-refractivity contribution in [1.29, 1.82) is 0 Å². The molecular formula is C19H24N2O5. The highest BCUT2D eigenvalue weighted by Crippen LogP contribution is 2.27. The zero-order valence-electron chi connectivity index (χ0n) is 15.9. The maximum absolute atomic E-state index is 12.8. The van der Waals surface area contributed by atoms with Gasteiger partial charge in [0.25, 0.3) is 0 Å². The van der Waals surface area contributed by atoms with E-state index in [1.54, 1.807) is 53.2 Å². The van der Waals surface area contributed by atoms with Gasteiger partial charge in [0, 0.05) is 29.6 Å². The van der Waals surface area contributed by atoms with E-state index < -0.39 is 12.0 Å². The van der Waals surface area contributed by atoms with E-state index in [0.717, 1.165) is 0 Å². The molecule has 2 N–H and O–H groups in total. The number of benzene rings is 1. The number of hydrogen-bond donors (Lipinski definition) is 2. The molecular weight excluding hydrogens is 336 g/mol. The summed E-state index contributed by atoms with van der Waals surface area (Å²) in [7, 11) is 4.44. The van der Waals surface area contributed by atoms with Crippen LogP contribution >= 0.6 is 0 Å². The zero-order chi connectivity index (χ0) is 19.4. The van der Waals surface area contributed by atoms with Gasteiger partial charge in [0.2, 0.25) is 5.78 Å². The number of carbonyl (C=O) groups excluding carboxylic acids is 2. The molecule has 7 nitrogen and oxygen atoms in total. The Bertz CT molecular complexity index is 803. The number of rotatable bonds is 7. The molecule has 0 spiro atoms. The van der Waals surface area contributed by atoms with Crippen molar-refractivity contribution in [3.8, 4) is 11.5 Å². The number of H-pyrrole nitrogens is 1. The molecule has 2 aromatic rings. The van der Waals surface area contributed by atoms with E-state index >= 15 is 0 Å². The minimum absolute atomic E-state index is 0.164. The summed E-state index contributed by atoms with van der Waals surface area (Å²) in [5.74, 6) is 0.605. The van der Waals surface area contributed by atoms with Crippen molar-refractivity contribution in [2.75, 3.05) is 26.6 Å². The third kappa shape index (κ3) is 3.82. The van der Waals surface area contributed by atoms with Crippen LogP contribution in [0.5, 0.6) is 11.5 Å². The molecule has 0 aliphatic rings. The zero-order valence-corrected chi connectivity index (χ0v) is 15.9. The molecule has 26 heavy (non-hydrogen) atoms. The molecule has 0 fully saturated rings. The third-order valence-electron chi connectivity index (χ3n) is 4.20. The Balaban J connectivity index is 2.27. The Hall–Kier alpha value is -2.96. The Morgan fingerprint density at radius 2 is 1.62 bits per heavy atom. The Morgan fingerprint density at radius 3 is 2.12 bits per heavy atom. The molecule has 140 valence electrons. The van der Waals surface area contributed by atoms with Crippen LogP contribution in [0.4, 0.5) is 5.69 Å². The number of aromatic nitrogens is 1. The Kier molecular flexibility index (Phi) is 5.92. The van der Waals surface area contributed by atoms with Gasteiger partial charge in [-0.2, -0.15) is 0 Å². The van der Waals surface area contributed by atoms with Gasteiger partial charge in [-0.1, -0.05) is 0 Å². The monoisotopic (exact) mass is 360 g/mol. The number of carbonyl (C=O) groups is 2. The van der Waals surface area contributed by atoms with Crippen LogP contribution in [-0.2, 0) is 4.74 Å². The lowest BCUT2D eigenvalue weighted by Gasteiger charge is -2.16. The molecule has 0 saturated carbocycles. The second-order valence-corrected chi connectivity index (χ2v) is 5.95. The second kappa shape index (κ2) is 7.95. The standard InChI is InChI=1S/C19H24N2O5/c1-10-16(19(23)26-6)11(2)21-17(10)18(22)12(3)20-13-7-14(24-4)9-15(8-13)25-5/h7-9,12,20-21H,1-6H3/t12-/m0/s1. The van der Waals surface area contributed by atoms with E-state index in [1.165, 1.54) is 7.11 Å². The molecule has 1 heterocycles. The molecule has 0 bridgehead atoms. The molecule has 1 atom stereocenters. The van der Waals surface area contributed by atoms with Crippen molar-refractivity contribution in [3.63, 3.8) is 0 Å². The van der Waals surface area contributed by atoms with Gasteiger partial charge in [-0.15, -0.1) is 0 Å². The first-order valence-electron chi connectivity index (χ1n) is 8.13. The van der Waals surface area contributed by atoms with Crippen molar-refractivity contribution in [2.45, 2.75) is 26.8 Å². The van der Waals surface area contributed by atoms with Crippen molar-refractivity contribution in [1.82, 2.24) is 4.98 Å². The summed E-state index contributed by atoms with van der Waals surface area (Å²) in [4.78, 5) is 27.7. The van der Waals surface area contributed by atoms with Gasteiger partial charge in [-0.3, -0.25) is 4.79 Å². The maximum atomic E-state index is 12.8. The summed E-state index contributed by atoms with van der Waals surface area (Å²) >= 11 is 0. The smallest absolute Gasteiger partial charge is 0.339 e. The van der Waals surface area contributed by atoms with Crippen LogP contribution in [0.15, 0.2) is 18.2 Å². The molecule has 0 radical (unpaired) electrons. The van der Waals surface area contributed by atoms with Crippen molar-refractivity contribution in [3.05, 3.63) is 40.7 Å². The average Bonchev–Trinajstić information content (AvgIpc) is 2.94. The molecule has 0 saturated heterocycles. The van der Waals surface area contributed by atoms with Crippen LogP contribution in [0.25, 0.3) is 0 Å². The van der Waals surface area contributed by atoms with Gasteiger partial charge in [-0.25, -0.2) is 4.79 Å². The van der Waals surface area contributed by atoms with Crippen LogP contribution in [0, 0.1) is 13.8 Å². The molecule has 0 amide bonds. The first kappa shape index (κ1) is 19.4. The van der Waals surface area contributed by atoms with E-state index in [1.807, 2.05) is 0 Å². The molecule has 1 aromatic heterocycles. The Morgan fingerprint density at radius 1 is 1.04 bits per heavy atom. The highest BCUT2D eigenvalue weighted by atomic mass is 16.5. The lowest BCUT2D eigenvalue weighted by molar-refractivity contribution is 0.0599. The second-order valence-electron chi connectivity index (χ2n) is 5.95. The van der Waals surface area contributed by atoms with Gasteiger partial charge >= 0.3 is 5.97 Å². The largest absolute Gasteiger partial charge is 0.497 e. The molecule has 0 aliphatic heterocycles. The molecule has 0 unspecified atom stereocenters. The SMILES string of the molecule is COC(=O)c1c(C)[nH]c(C(=O)[C@H](C)Nc2cc(OC)cc(OC)c2)c1C. The minimum atomic E-state index is -0.533. The quantitative estimate of drug-likeness (QED) is 0.582. The first-order chi connectivity index (χ1) is 12.3. The van der Waals surface area contributed by atoms with Gasteiger partial charge in [-0.05, 0) is 26.3 Å². The van der Waals surface area contributed by atoms with Crippen LogP contribution < -0.4 is 14.8 Å². The average molecular weight is 360 g/mol. The fraction of sp³-hybridized carbons (Fsp3) is 0.368. The lowest BCUT2D eigenvalue weighted by Crippen LogP contribution is -2.27. The van der Waals surface area contributed by atoms with Gasteiger partial charge in [0.05, 0.1) is 38.6 Å². The number of esters is 1. The van der Waals surface area contributed by atoms with Crippen molar-refractivity contribution < 1.29 is 23.8 Å². The number of nitrogens with one attached hydrogen (secondary N) is 2. The molecule has 0 aliphatic carbocycles. The summed E-state index contributed by atoms with van der Waals surface area (Å²) in [6.07, 6.45) is 0. The van der Waals surface area contributed by atoms with E-state index in [9.17, 15) is 9.59 Å². The number of aromatic amines is 1. The predicted octanol–water partition coefficient (Wildman–Crippen LogP) is 3.12. The molecule has 1 aromatic carbocycles. The number of aryl methyl sites for hydroxylation is 1. The van der Waals surface area contributed by atoms with E-state index in [-0.39, 0.29) is 5.78 Å². The highest BCUT2D eigenvalue weighted by Gasteiger charge is 2.25. The lowest BCUT2D eigenvalue weighted by atomic mass is 10.0. The molecule has 7 heteroatoms. The third-order valence-corrected chi connectivity index (χ3v) is 4.20. The number of Topliss-reactive ketones (excluding diaryl/α,β-unsaturated/α-hetero) is 1. The number of hydrogen-bond acceptors (Lipinski definition) is 6. The van der Waals surface area contributed by atoms with E-state index in [4.69, 9.17) is 14.2 Å². The van der Waals surface area contributed by atoms with Crippen LogP contribution in [0.2, 0.25) is 0 Å². The summed E-state index contributed by atoms with van der Waals surface area (Å²) in [6.45, 7) is 5.22. The van der Waals surface area contributed by atoms with Gasteiger partial charge < -0.3 is 24.5 Å². The summed E-state index contributed by atoms with van der Waals surface area (Å²) < 4.78 is 15.3. The van der Waals surface area contributed by atoms with Crippen molar-refractivity contribution in [2.24, 2.45) is 0 Å². The first-order valence-corrected chi connectivity index (χ1v) is 8.13. The predicted molar refractivity (Wildman–Crippen MR) is 98.6 cm³/mol. The summed E-state index contributed by atoms with van der Waals surface area (Å²) in [6, 6.07) is 4.77. The van der Waals surface area contributed by atoms with Crippen molar-refractivity contribution >= 4 is 17.4 Å².